The van der Waals surface area contributed by atoms with Crippen molar-refractivity contribution >= 4 is 34.7 Å². The lowest BCUT2D eigenvalue weighted by molar-refractivity contribution is 0.0734. The molecular weight excluding hydrogens is 544 g/mol. The molecule has 1 heterocycles. The summed E-state index contributed by atoms with van der Waals surface area (Å²) >= 11 is 0. The molecule has 0 fully saturated rings. The zero-order chi connectivity index (χ0) is 30.5. The van der Waals surface area contributed by atoms with E-state index in [-0.39, 0.29) is 29.4 Å². The number of phenolic OH excluding ortho intramolecular Hbond substituents is 2. The summed E-state index contributed by atoms with van der Waals surface area (Å²) in [6.45, 7) is 6.12. The molecular formula is C36H30O7. The number of carbonyl (C=O) groups excluding carboxylic acids is 1. The van der Waals surface area contributed by atoms with Gasteiger partial charge >= 0.3 is 5.97 Å². The van der Waals surface area contributed by atoms with Crippen LogP contribution in [0, 0.1) is 0 Å². The molecule has 0 unspecified atom stereocenters. The second kappa shape index (κ2) is 12.5. The zero-order valence-corrected chi connectivity index (χ0v) is 23.7. The lowest BCUT2D eigenvalue weighted by Crippen LogP contribution is -2.10. The molecule has 0 bridgehead atoms. The van der Waals surface area contributed by atoms with Crippen LogP contribution in [0.5, 0.6) is 23.0 Å². The molecule has 7 heteroatoms. The minimum Gasteiger partial charge on any atom is -0.508 e. The van der Waals surface area contributed by atoms with Crippen molar-refractivity contribution in [2.75, 3.05) is 13.7 Å². The molecule has 0 amide bonds. The number of aliphatic hydroxyl groups excluding tert-OH is 1. The highest BCUT2D eigenvalue weighted by molar-refractivity contribution is 5.94. The highest BCUT2D eigenvalue weighted by Crippen LogP contribution is 2.43. The Morgan fingerprint density at radius 3 is 2.35 bits per heavy atom. The van der Waals surface area contributed by atoms with Crippen LogP contribution in [0.15, 0.2) is 102 Å². The van der Waals surface area contributed by atoms with Crippen molar-refractivity contribution in [3.8, 4) is 34.3 Å². The fraction of sp³-hybridized carbons (Fsp3) is 0.0833. The van der Waals surface area contributed by atoms with Crippen LogP contribution < -0.4 is 9.47 Å². The number of aromatic hydroxyl groups is 2. The van der Waals surface area contributed by atoms with Crippen LogP contribution in [0.3, 0.4) is 0 Å². The summed E-state index contributed by atoms with van der Waals surface area (Å²) < 4.78 is 17.5. The van der Waals surface area contributed by atoms with Gasteiger partial charge in [-0.3, -0.25) is 0 Å². The van der Waals surface area contributed by atoms with Gasteiger partial charge in [0.15, 0.2) is 0 Å². The first kappa shape index (κ1) is 29.0. The molecule has 4 aromatic carbocycles. The lowest BCUT2D eigenvalue weighted by atomic mass is 9.94. The first-order valence-electron chi connectivity index (χ1n) is 13.5. The summed E-state index contributed by atoms with van der Waals surface area (Å²) in [7, 11) is 1.51. The third kappa shape index (κ3) is 6.22. The van der Waals surface area contributed by atoms with E-state index in [4.69, 9.17) is 19.0 Å². The van der Waals surface area contributed by atoms with Gasteiger partial charge in [-0.25, -0.2) is 4.79 Å². The fourth-order valence-electron chi connectivity index (χ4n) is 4.73. The van der Waals surface area contributed by atoms with Crippen LogP contribution in [0.25, 0.3) is 40.0 Å². The smallest absolute Gasteiger partial charge is 0.343 e. The van der Waals surface area contributed by atoms with Crippen molar-refractivity contribution in [3.05, 3.63) is 125 Å². The Hall–Kier alpha value is -5.53. The first-order chi connectivity index (χ1) is 20.8. The second-order valence-electron chi connectivity index (χ2n) is 9.73. The highest BCUT2D eigenvalue weighted by atomic mass is 16.5. The quantitative estimate of drug-likeness (QED) is 0.122. The monoisotopic (exact) mass is 574 g/mol. The van der Waals surface area contributed by atoms with Crippen molar-refractivity contribution in [1.29, 1.82) is 0 Å². The predicted octanol–water partition coefficient (Wildman–Crippen LogP) is 7.84. The van der Waals surface area contributed by atoms with Crippen molar-refractivity contribution in [3.63, 3.8) is 0 Å². The molecule has 5 rings (SSSR count). The third-order valence-corrected chi connectivity index (χ3v) is 6.86. The van der Waals surface area contributed by atoms with Gasteiger partial charge in [-0.15, -0.1) is 0 Å². The van der Waals surface area contributed by atoms with Crippen molar-refractivity contribution in [2.45, 2.75) is 6.92 Å². The van der Waals surface area contributed by atoms with E-state index in [1.807, 2.05) is 61.5 Å². The number of allylic oxidation sites excluding steroid dienone is 1. The third-order valence-electron chi connectivity index (χ3n) is 6.86. The van der Waals surface area contributed by atoms with Crippen molar-refractivity contribution in [2.24, 2.45) is 0 Å². The number of benzene rings is 4. The summed E-state index contributed by atoms with van der Waals surface area (Å²) in [6.07, 6.45) is 7.27. The van der Waals surface area contributed by atoms with Gasteiger partial charge < -0.3 is 29.2 Å². The second-order valence-corrected chi connectivity index (χ2v) is 9.73. The molecule has 0 aliphatic carbocycles. The molecule has 0 saturated carbocycles. The molecule has 5 aromatic rings. The van der Waals surface area contributed by atoms with Crippen LogP contribution in [0.2, 0.25) is 0 Å². The maximum Gasteiger partial charge on any atom is 0.343 e. The molecule has 0 atom stereocenters. The minimum atomic E-state index is -0.608. The number of hydrogen-bond acceptors (Lipinski definition) is 7. The van der Waals surface area contributed by atoms with E-state index in [0.29, 0.717) is 39.4 Å². The summed E-state index contributed by atoms with van der Waals surface area (Å²) in [5, 5.41) is 30.6. The van der Waals surface area contributed by atoms with E-state index in [1.165, 1.54) is 37.4 Å². The Labute approximate surface area is 248 Å². The van der Waals surface area contributed by atoms with Gasteiger partial charge in [-0.2, -0.15) is 0 Å². The number of aliphatic hydroxyl groups is 1. The molecule has 0 saturated heterocycles. The number of carbonyl (C=O) groups is 1. The largest absolute Gasteiger partial charge is 0.508 e. The van der Waals surface area contributed by atoms with Gasteiger partial charge in [0.2, 0.25) is 0 Å². The first-order valence-corrected chi connectivity index (χ1v) is 13.5. The molecule has 0 spiro atoms. The average Bonchev–Trinajstić information content (AvgIpc) is 3.44. The molecule has 0 aliphatic rings. The normalized spacial score (nSPS) is 11.4. The van der Waals surface area contributed by atoms with E-state index in [1.54, 1.807) is 18.2 Å². The number of ether oxygens (including phenoxy) is 2. The van der Waals surface area contributed by atoms with Crippen LogP contribution in [0.1, 0.15) is 39.5 Å². The van der Waals surface area contributed by atoms with Crippen LogP contribution in [-0.2, 0) is 0 Å². The molecule has 0 radical (unpaired) electrons. The maximum absolute atomic E-state index is 13.0. The number of hydrogen-bond donors (Lipinski definition) is 3. The van der Waals surface area contributed by atoms with Crippen molar-refractivity contribution < 1.29 is 34.0 Å². The predicted molar refractivity (Wildman–Crippen MR) is 168 cm³/mol. The summed E-state index contributed by atoms with van der Waals surface area (Å²) in [5.74, 6) is 0.519. The molecule has 43 heavy (non-hydrogen) atoms. The average molecular weight is 575 g/mol. The number of methoxy groups -OCH3 is 1. The Morgan fingerprint density at radius 2 is 1.63 bits per heavy atom. The number of phenols is 2. The molecule has 7 nitrogen and oxygen atoms in total. The van der Waals surface area contributed by atoms with Gasteiger partial charge in [0, 0.05) is 22.6 Å². The van der Waals surface area contributed by atoms with Crippen LogP contribution in [-0.4, -0.2) is 35.0 Å². The number of fused-ring (bicyclic) bond motifs is 1. The van der Waals surface area contributed by atoms with Gasteiger partial charge in [0.1, 0.15) is 34.3 Å². The Balaban J connectivity index is 1.57. The Bertz CT molecular complexity index is 1870. The molecule has 3 N–H and O–H groups in total. The minimum absolute atomic E-state index is 0.0375. The molecule has 1 aromatic heterocycles. The number of esters is 1. The highest BCUT2D eigenvalue weighted by Gasteiger charge is 2.21. The van der Waals surface area contributed by atoms with E-state index in [2.05, 4.69) is 6.58 Å². The lowest BCUT2D eigenvalue weighted by Gasteiger charge is -2.17. The molecule has 0 aliphatic heterocycles. The number of furan rings is 1. The van der Waals surface area contributed by atoms with Gasteiger partial charge in [0.25, 0.3) is 0 Å². The summed E-state index contributed by atoms with van der Waals surface area (Å²) in [5.41, 5.74) is 4.58. The van der Waals surface area contributed by atoms with E-state index >= 15 is 0 Å². The number of rotatable bonds is 9. The SMILES string of the molecule is C=C(c1cc(-c2cc3cc(/C=C/CO)ccc3o2)c(OC)cc1O)c1cc(/C=C/C)ccc1OC(=O)c1ccc(O)cc1. The fourth-order valence-corrected chi connectivity index (χ4v) is 4.73. The topological polar surface area (TPSA) is 109 Å². The van der Waals surface area contributed by atoms with Crippen LogP contribution >= 0.6 is 0 Å². The summed E-state index contributed by atoms with van der Waals surface area (Å²) in [6, 6.07) is 21.9. The van der Waals surface area contributed by atoms with Crippen LogP contribution in [0.4, 0.5) is 0 Å². The van der Waals surface area contributed by atoms with E-state index in [9.17, 15) is 15.0 Å². The zero-order valence-electron chi connectivity index (χ0n) is 23.7. The van der Waals surface area contributed by atoms with Crippen molar-refractivity contribution in [1.82, 2.24) is 0 Å². The van der Waals surface area contributed by atoms with Gasteiger partial charge in [0.05, 0.1) is 24.8 Å². The Morgan fingerprint density at radius 1 is 0.884 bits per heavy atom. The van der Waals surface area contributed by atoms with Gasteiger partial charge in [-0.05, 0) is 84.3 Å². The van der Waals surface area contributed by atoms with E-state index < -0.39 is 5.97 Å². The standard InChI is InChI=1S/C36H30O7/c1-4-6-23-9-15-33(43-36(40)25-10-12-27(38)13-11-25)29(18-23)22(2)28-20-30(34(41-3)21-31(28)39)35-19-26-17-24(7-5-16-37)8-14-32(26)42-35/h4-15,17-21,37-39H,2,16H2,1,3H3/b6-4+,7-5+. The van der Waals surface area contributed by atoms with E-state index in [0.717, 1.165) is 16.5 Å². The Kier molecular flexibility index (Phi) is 8.46. The maximum atomic E-state index is 13.0. The summed E-state index contributed by atoms with van der Waals surface area (Å²) in [4.78, 5) is 13.0. The molecule has 216 valence electrons. The van der Waals surface area contributed by atoms with Gasteiger partial charge in [-0.1, -0.05) is 43.0 Å².